The molecule has 0 aliphatic rings. The van der Waals surface area contributed by atoms with Crippen molar-refractivity contribution in [1.29, 1.82) is 0 Å². The first-order chi connectivity index (χ1) is 4.13. The Bertz CT molecular complexity index is 148. The molecule has 50 valence electrons. The molecule has 9 heavy (non-hydrogen) atoms. The second-order valence-electron chi connectivity index (χ2n) is 2.21. The molecule has 0 aromatic rings. The van der Waals surface area contributed by atoms with Crippen LogP contribution in [0.1, 0.15) is 20.8 Å². The number of hydrogen-bond acceptors (Lipinski definition) is 1. The number of carbonyl (C=O) groups excluding carboxylic acids is 1. The van der Waals surface area contributed by atoms with Crippen LogP contribution in [0, 0.1) is 0 Å². The maximum Gasteiger partial charge on any atom is 0.152 e. The lowest BCUT2D eigenvalue weighted by molar-refractivity contribution is -0.112. The van der Waals surface area contributed by atoms with E-state index in [9.17, 15) is 4.79 Å². The van der Waals surface area contributed by atoms with E-state index in [0.717, 1.165) is 0 Å². The minimum Gasteiger partial charge on any atom is -0.295 e. The Morgan fingerprint density at radius 2 is 1.78 bits per heavy atom. The Hall–Kier alpha value is -0.850. The summed E-state index contributed by atoms with van der Waals surface area (Å²) >= 11 is 0. The van der Waals surface area contributed by atoms with Crippen LogP contribution in [0.5, 0.6) is 0 Å². The summed E-state index contributed by atoms with van der Waals surface area (Å²) in [6.07, 6.45) is 5.21. The van der Waals surface area contributed by atoms with Gasteiger partial charge in [-0.1, -0.05) is 17.7 Å². The van der Waals surface area contributed by atoms with Crippen molar-refractivity contribution >= 4 is 5.78 Å². The zero-order valence-corrected chi connectivity index (χ0v) is 6.14. The molecule has 0 rings (SSSR count). The molecule has 0 aliphatic carbocycles. The summed E-state index contributed by atoms with van der Waals surface area (Å²) in [7, 11) is 0. The Labute approximate surface area is 56.1 Å². The molecule has 0 N–H and O–H groups in total. The molecule has 0 saturated carbocycles. The standard InChI is InChI=1S/C8H12O/c1-7(2)5-4-6-8(3)9/h4-6H,1-3H3. The van der Waals surface area contributed by atoms with Crippen LogP contribution in [0.4, 0.5) is 0 Å². The zero-order valence-electron chi connectivity index (χ0n) is 6.14. The maximum atomic E-state index is 10.3. The van der Waals surface area contributed by atoms with Crippen LogP contribution in [0.3, 0.4) is 0 Å². The molecule has 1 nitrogen and oxygen atoms in total. The first-order valence-electron chi connectivity index (χ1n) is 2.95. The van der Waals surface area contributed by atoms with Gasteiger partial charge in [-0.2, -0.15) is 0 Å². The first-order valence-corrected chi connectivity index (χ1v) is 2.95. The number of hydrogen-bond donors (Lipinski definition) is 0. The minimum absolute atomic E-state index is 0.0903. The lowest BCUT2D eigenvalue weighted by Gasteiger charge is -1.80. The lowest BCUT2D eigenvalue weighted by Crippen LogP contribution is -1.77. The Kier molecular flexibility index (Phi) is 3.69. The quantitative estimate of drug-likeness (QED) is 0.407. The van der Waals surface area contributed by atoms with Crippen molar-refractivity contribution in [2.45, 2.75) is 20.8 Å². The van der Waals surface area contributed by atoms with E-state index in [-0.39, 0.29) is 5.78 Å². The molecular formula is C8H12O. The van der Waals surface area contributed by atoms with Gasteiger partial charge in [-0.15, -0.1) is 0 Å². The monoisotopic (exact) mass is 124 g/mol. The smallest absolute Gasteiger partial charge is 0.152 e. The van der Waals surface area contributed by atoms with Gasteiger partial charge in [0.1, 0.15) is 0 Å². The topological polar surface area (TPSA) is 17.1 Å². The van der Waals surface area contributed by atoms with E-state index in [1.807, 2.05) is 19.9 Å². The molecule has 0 heterocycles. The van der Waals surface area contributed by atoms with Crippen molar-refractivity contribution < 1.29 is 4.79 Å². The van der Waals surface area contributed by atoms with Gasteiger partial charge in [-0.25, -0.2) is 0 Å². The second kappa shape index (κ2) is 4.07. The molecule has 0 radical (unpaired) electrons. The number of ketones is 1. The van der Waals surface area contributed by atoms with Crippen LogP contribution in [-0.2, 0) is 4.79 Å². The summed E-state index contributed by atoms with van der Waals surface area (Å²) < 4.78 is 0. The highest BCUT2D eigenvalue weighted by Gasteiger charge is 1.77. The highest BCUT2D eigenvalue weighted by atomic mass is 16.1. The van der Waals surface area contributed by atoms with Crippen LogP contribution >= 0.6 is 0 Å². The van der Waals surface area contributed by atoms with E-state index in [4.69, 9.17) is 0 Å². The van der Waals surface area contributed by atoms with E-state index in [1.165, 1.54) is 12.5 Å². The largest absolute Gasteiger partial charge is 0.295 e. The summed E-state index contributed by atoms with van der Waals surface area (Å²) in [5.74, 6) is 0.0903. The van der Waals surface area contributed by atoms with Gasteiger partial charge in [-0.05, 0) is 26.8 Å². The van der Waals surface area contributed by atoms with Crippen molar-refractivity contribution in [1.82, 2.24) is 0 Å². The molecule has 0 spiro atoms. The third-order valence-electron chi connectivity index (χ3n) is 0.760. The Balaban J connectivity index is 3.74. The molecule has 0 aromatic carbocycles. The van der Waals surface area contributed by atoms with Crippen LogP contribution < -0.4 is 0 Å². The normalized spacial score (nSPS) is 9.67. The van der Waals surface area contributed by atoms with E-state index in [2.05, 4.69) is 0 Å². The molecule has 0 fully saturated rings. The van der Waals surface area contributed by atoms with E-state index >= 15 is 0 Å². The van der Waals surface area contributed by atoms with Gasteiger partial charge in [0, 0.05) is 0 Å². The fourth-order valence-electron chi connectivity index (χ4n) is 0.376. The van der Waals surface area contributed by atoms with Gasteiger partial charge in [0.25, 0.3) is 0 Å². The minimum atomic E-state index is 0.0903. The maximum absolute atomic E-state index is 10.3. The highest BCUT2D eigenvalue weighted by Crippen LogP contribution is 1.88. The summed E-state index contributed by atoms with van der Waals surface area (Å²) in [6.45, 7) is 5.52. The van der Waals surface area contributed by atoms with Gasteiger partial charge in [0.05, 0.1) is 0 Å². The molecule has 0 bridgehead atoms. The van der Waals surface area contributed by atoms with E-state index in [1.54, 1.807) is 12.2 Å². The van der Waals surface area contributed by atoms with Gasteiger partial charge in [-0.3, -0.25) is 4.79 Å². The van der Waals surface area contributed by atoms with Gasteiger partial charge >= 0.3 is 0 Å². The Morgan fingerprint density at radius 3 is 2.11 bits per heavy atom. The molecule has 0 unspecified atom stereocenters. The predicted molar refractivity (Wildman–Crippen MR) is 39.3 cm³/mol. The number of allylic oxidation sites excluding steroid dienone is 4. The summed E-state index contributed by atoms with van der Waals surface area (Å²) in [5.41, 5.74) is 1.20. The third kappa shape index (κ3) is 7.15. The van der Waals surface area contributed by atoms with Crippen LogP contribution in [0.15, 0.2) is 23.8 Å². The van der Waals surface area contributed by atoms with Gasteiger partial charge < -0.3 is 0 Å². The lowest BCUT2D eigenvalue weighted by atomic mass is 10.3. The number of rotatable bonds is 2. The first kappa shape index (κ1) is 8.15. The molecule has 0 aliphatic heterocycles. The van der Waals surface area contributed by atoms with Crippen molar-refractivity contribution in [3.8, 4) is 0 Å². The SMILES string of the molecule is CC(=O)C=CC=C(C)C. The van der Waals surface area contributed by atoms with Crippen LogP contribution in [0.25, 0.3) is 0 Å². The van der Waals surface area contributed by atoms with Crippen molar-refractivity contribution in [3.63, 3.8) is 0 Å². The summed E-state index contributed by atoms with van der Waals surface area (Å²) in [4.78, 5) is 10.3. The second-order valence-corrected chi connectivity index (χ2v) is 2.21. The third-order valence-corrected chi connectivity index (χ3v) is 0.760. The average Bonchev–Trinajstić information content (AvgIpc) is 1.63. The predicted octanol–water partition coefficient (Wildman–Crippen LogP) is 2.10. The molecule has 0 saturated heterocycles. The van der Waals surface area contributed by atoms with Crippen molar-refractivity contribution in [2.75, 3.05) is 0 Å². The zero-order chi connectivity index (χ0) is 7.28. The van der Waals surface area contributed by atoms with Crippen molar-refractivity contribution in [3.05, 3.63) is 23.8 Å². The van der Waals surface area contributed by atoms with Gasteiger partial charge in [0.2, 0.25) is 0 Å². The van der Waals surface area contributed by atoms with Gasteiger partial charge in [0.15, 0.2) is 5.78 Å². The van der Waals surface area contributed by atoms with Crippen LogP contribution in [-0.4, -0.2) is 5.78 Å². The fourth-order valence-corrected chi connectivity index (χ4v) is 0.376. The molecule has 0 amide bonds. The Morgan fingerprint density at radius 1 is 1.22 bits per heavy atom. The summed E-state index contributed by atoms with van der Waals surface area (Å²) in [6, 6.07) is 0. The van der Waals surface area contributed by atoms with Crippen molar-refractivity contribution in [2.24, 2.45) is 0 Å². The van der Waals surface area contributed by atoms with E-state index in [0.29, 0.717) is 0 Å². The average molecular weight is 124 g/mol. The molecule has 0 atom stereocenters. The molecular weight excluding hydrogens is 112 g/mol. The summed E-state index contributed by atoms with van der Waals surface area (Å²) in [5, 5.41) is 0. The van der Waals surface area contributed by atoms with Crippen LogP contribution in [0.2, 0.25) is 0 Å². The molecule has 0 aromatic heterocycles. The molecule has 1 heteroatoms. The highest BCUT2D eigenvalue weighted by molar-refractivity contribution is 5.87. The van der Waals surface area contributed by atoms with E-state index < -0.39 is 0 Å². The number of carbonyl (C=O) groups is 1. The fraction of sp³-hybridized carbons (Fsp3) is 0.375.